The van der Waals surface area contributed by atoms with Crippen molar-refractivity contribution in [3.63, 3.8) is 0 Å². The molecule has 0 amide bonds. The normalized spacial score (nSPS) is 13.2. The topological polar surface area (TPSA) is 50.7 Å². The van der Waals surface area contributed by atoms with Crippen LogP contribution < -0.4 is 16.0 Å². The summed E-state index contributed by atoms with van der Waals surface area (Å²) >= 11 is 0. The highest BCUT2D eigenvalue weighted by Crippen LogP contribution is 2.07. The molecule has 1 aliphatic carbocycles. The third-order valence-corrected chi connectivity index (χ3v) is 2.59. The molecule has 0 bridgehead atoms. The van der Waals surface area contributed by atoms with Crippen LogP contribution in [0.4, 0.5) is 11.6 Å². The molecule has 0 radical (unpaired) electrons. The summed E-state index contributed by atoms with van der Waals surface area (Å²) in [6.07, 6.45) is 9.81. The monoisotopic (exact) mass is 224 g/mol. The zero-order valence-electron chi connectivity index (χ0n) is 9.30. The quantitative estimate of drug-likeness (QED) is 0.825. The van der Waals surface area contributed by atoms with Gasteiger partial charge >= 0.3 is 0 Å². The molecule has 0 saturated carbocycles. The number of hydrogen-bond acceptors (Lipinski definition) is 4. The number of pyridine rings is 1. The van der Waals surface area contributed by atoms with Crippen molar-refractivity contribution in [2.24, 2.45) is 0 Å². The maximum atomic E-state index is 4.51. The minimum Gasteiger partial charge on any atom is -0.324 e. The molecule has 0 spiro atoms. The van der Waals surface area contributed by atoms with E-state index in [0.717, 1.165) is 35.2 Å². The van der Waals surface area contributed by atoms with Crippen molar-refractivity contribution in [1.29, 1.82) is 0 Å². The van der Waals surface area contributed by atoms with Gasteiger partial charge in [0.25, 0.3) is 0 Å². The third kappa shape index (κ3) is 2.15. The van der Waals surface area contributed by atoms with Crippen LogP contribution in [0.25, 0.3) is 12.2 Å². The van der Waals surface area contributed by atoms with Crippen molar-refractivity contribution in [2.45, 2.75) is 12.8 Å². The van der Waals surface area contributed by atoms with Crippen LogP contribution in [0.2, 0.25) is 0 Å². The molecule has 0 aromatic carbocycles. The Labute approximate surface area is 98.8 Å². The summed E-state index contributed by atoms with van der Waals surface area (Å²) in [5, 5.41) is 5.07. The summed E-state index contributed by atoms with van der Waals surface area (Å²) in [7, 11) is 0. The minimum atomic E-state index is 0.731. The SMILES string of the molecule is C1=c2ncc(Nc3ccccn3)nc2=CCC1. The predicted octanol–water partition coefficient (Wildman–Crippen LogP) is 0.970. The third-order valence-electron chi connectivity index (χ3n) is 2.59. The molecular formula is C13H12N4. The van der Waals surface area contributed by atoms with Gasteiger partial charge in [0.1, 0.15) is 5.82 Å². The highest BCUT2D eigenvalue weighted by atomic mass is 15.1. The highest BCUT2D eigenvalue weighted by Gasteiger charge is 2.00. The number of nitrogens with one attached hydrogen (secondary N) is 1. The summed E-state index contributed by atoms with van der Waals surface area (Å²) in [6, 6.07) is 5.71. The largest absolute Gasteiger partial charge is 0.324 e. The highest BCUT2D eigenvalue weighted by molar-refractivity contribution is 5.50. The molecule has 0 atom stereocenters. The Hall–Kier alpha value is -2.23. The van der Waals surface area contributed by atoms with Crippen molar-refractivity contribution >= 4 is 23.8 Å². The van der Waals surface area contributed by atoms with Gasteiger partial charge in [0.05, 0.1) is 16.9 Å². The molecule has 0 fully saturated rings. The average molecular weight is 224 g/mol. The van der Waals surface area contributed by atoms with Gasteiger partial charge in [0, 0.05) is 6.20 Å². The molecule has 2 aromatic heterocycles. The summed E-state index contributed by atoms with van der Waals surface area (Å²) in [6.45, 7) is 0. The Bertz CT molecular complexity index is 634. The Morgan fingerprint density at radius 3 is 2.65 bits per heavy atom. The van der Waals surface area contributed by atoms with Crippen molar-refractivity contribution in [3.05, 3.63) is 41.3 Å². The number of hydrogen-bond donors (Lipinski definition) is 1. The maximum absolute atomic E-state index is 4.51. The molecule has 4 nitrogen and oxygen atoms in total. The minimum absolute atomic E-state index is 0.731. The maximum Gasteiger partial charge on any atom is 0.150 e. The van der Waals surface area contributed by atoms with Gasteiger partial charge in [-0.1, -0.05) is 18.2 Å². The number of fused-ring (bicyclic) bond motifs is 1. The van der Waals surface area contributed by atoms with E-state index in [9.17, 15) is 0 Å². The second kappa shape index (κ2) is 4.33. The van der Waals surface area contributed by atoms with Crippen molar-refractivity contribution < 1.29 is 0 Å². The fourth-order valence-corrected chi connectivity index (χ4v) is 1.79. The molecule has 3 rings (SSSR count). The van der Waals surface area contributed by atoms with Gasteiger partial charge in [0.2, 0.25) is 0 Å². The lowest BCUT2D eigenvalue weighted by Gasteiger charge is -2.05. The lowest BCUT2D eigenvalue weighted by molar-refractivity contribution is 1.02. The van der Waals surface area contributed by atoms with Gasteiger partial charge in [-0.3, -0.25) is 4.98 Å². The second-order valence-electron chi connectivity index (χ2n) is 3.85. The Kier molecular flexibility index (Phi) is 2.54. The first-order chi connectivity index (χ1) is 8.42. The molecule has 84 valence electrons. The van der Waals surface area contributed by atoms with E-state index in [0.29, 0.717) is 0 Å². The van der Waals surface area contributed by atoms with Gasteiger partial charge in [-0.2, -0.15) is 0 Å². The molecule has 2 aromatic rings. The van der Waals surface area contributed by atoms with Crippen molar-refractivity contribution in [1.82, 2.24) is 15.0 Å². The van der Waals surface area contributed by atoms with Crippen LogP contribution in [-0.2, 0) is 0 Å². The molecular weight excluding hydrogens is 212 g/mol. The first-order valence-electron chi connectivity index (χ1n) is 5.63. The molecule has 0 aliphatic heterocycles. The molecule has 1 aliphatic rings. The molecule has 4 heteroatoms. The predicted molar refractivity (Wildman–Crippen MR) is 67.0 cm³/mol. The number of rotatable bonds is 2. The van der Waals surface area contributed by atoms with Gasteiger partial charge < -0.3 is 5.32 Å². The fourth-order valence-electron chi connectivity index (χ4n) is 1.79. The zero-order chi connectivity index (χ0) is 11.5. The molecule has 0 saturated heterocycles. The van der Waals surface area contributed by atoms with Crippen molar-refractivity contribution in [3.8, 4) is 0 Å². The van der Waals surface area contributed by atoms with E-state index in [2.05, 4.69) is 32.4 Å². The lowest BCUT2D eigenvalue weighted by Crippen LogP contribution is -2.33. The molecule has 1 N–H and O–H groups in total. The first-order valence-corrected chi connectivity index (χ1v) is 5.63. The number of anilines is 2. The van der Waals surface area contributed by atoms with Crippen LogP contribution >= 0.6 is 0 Å². The van der Waals surface area contributed by atoms with Gasteiger partial charge in [-0.05, 0) is 25.0 Å². The van der Waals surface area contributed by atoms with Crippen LogP contribution in [0.3, 0.4) is 0 Å². The van der Waals surface area contributed by atoms with E-state index < -0.39 is 0 Å². The average Bonchev–Trinajstić information content (AvgIpc) is 2.40. The van der Waals surface area contributed by atoms with Crippen LogP contribution in [0, 0.1) is 0 Å². The van der Waals surface area contributed by atoms with E-state index in [-0.39, 0.29) is 0 Å². The van der Waals surface area contributed by atoms with Crippen LogP contribution in [-0.4, -0.2) is 15.0 Å². The standard InChI is InChI=1S/C13H12N4/c1-2-6-11-10(5-1)15-9-13(16-11)17-12-7-3-4-8-14-12/h3-9H,1-2H2,(H,14,16,17). The summed E-state index contributed by atoms with van der Waals surface area (Å²) in [5.74, 6) is 1.51. The van der Waals surface area contributed by atoms with Gasteiger partial charge in [0.15, 0.2) is 5.82 Å². The van der Waals surface area contributed by atoms with E-state index >= 15 is 0 Å². The first kappa shape index (κ1) is 9.96. The summed E-state index contributed by atoms with van der Waals surface area (Å²) in [4.78, 5) is 13.1. The van der Waals surface area contributed by atoms with Gasteiger partial charge in [-0.15, -0.1) is 0 Å². The molecule has 0 unspecified atom stereocenters. The van der Waals surface area contributed by atoms with Crippen LogP contribution in [0.5, 0.6) is 0 Å². The summed E-state index contributed by atoms with van der Waals surface area (Å²) < 4.78 is 0. The zero-order valence-corrected chi connectivity index (χ0v) is 9.30. The van der Waals surface area contributed by atoms with Gasteiger partial charge in [-0.25, -0.2) is 9.97 Å². The smallest absolute Gasteiger partial charge is 0.150 e. The molecule has 2 heterocycles. The second-order valence-corrected chi connectivity index (χ2v) is 3.85. The fraction of sp³-hybridized carbons (Fsp3) is 0.154. The summed E-state index contributed by atoms with van der Waals surface area (Å²) in [5.41, 5.74) is 0. The molecule has 17 heavy (non-hydrogen) atoms. The Morgan fingerprint density at radius 2 is 1.82 bits per heavy atom. The van der Waals surface area contributed by atoms with Crippen LogP contribution in [0.1, 0.15) is 12.8 Å². The number of aromatic nitrogens is 3. The van der Waals surface area contributed by atoms with E-state index in [1.807, 2.05) is 18.2 Å². The van der Waals surface area contributed by atoms with Crippen molar-refractivity contribution in [2.75, 3.05) is 5.32 Å². The lowest BCUT2D eigenvalue weighted by atomic mass is 10.2. The van der Waals surface area contributed by atoms with Crippen LogP contribution in [0.15, 0.2) is 30.6 Å². The number of nitrogens with zero attached hydrogens (tertiary/aromatic N) is 3. The Morgan fingerprint density at radius 1 is 0.941 bits per heavy atom. The Balaban J connectivity index is 1.96. The van der Waals surface area contributed by atoms with E-state index in [4.69, 9.17) is 0 Å². The van der Waals surface area contributed by atoms with E-state index in [1.165, 1.54) is 0 Å². The van der Waals surface area contributed by atoms with E-state index in [1.54, 1.807) is 12.4 Å².